The highest BCUT2D eigenvalue weighted by molar-refractivity contribution is 5.78. The molecule has 5 nitrogen and oxygen atoms in total. The van der Waals surface area contributed by atoms with E-state index >= 15 is 0 Å². The van der Waals surface area contributed by atoms with Crippen LogP contribution < -0.4 is 0 Å². The summed E-state index contributed by atoms with van der Waals surface area (Å²) >= 11 is 0. The fraction of sp³-hybridized carbons (Fsp3) is 0.953. The Labute approximate surface area is 300 Å². The van der Waals surface area contributed by atoms with Gasteiger partial charge in [0, 0.05) is 32.4 Å². The second-order valence-electron chi connectivity index (χ2n) is 15.5. The quantitative estimate of drug-likeness (QED) is 0.0400. The second kappa shape index (κ2) is 35.9. The molecule has 0 aromatic heterocycles. The van der Waals surface area contributed by atoms with Crippen LogP contribution in [-0.2, 0) is 14.3 Å². The summed E-state index contributed by atoms with van der Waals surface area (Å²) in [6.45, 7) is 12.9. The summed E-state index contributed by atoms with van der Waals surface area (Å²) in [6, 6.07) is 0. The van der Waals surface area contributed by atoms with E-state index in [-0.39, 0.29) is 12.1 Å². The van der Waals surface area contributed by atoms with Gasteiger partial charge >= 0.3 is 5.97 Å². The lowest BCUT2D eigenvalue weighted by molar-refractivity contribution is -0.150. The van der Waals surface area contributed by atoms with Crippen molar-refractivity contribution in [2.24, 2.45) is 11.8 Å². The zero-order chi connectivity index (χ0) is 35.5. The highest BCUT2D eigenvalue weighted by Crippen LogP contribution is 2.23. The van der Waals surface area contributed by atoms with Crippen LogP contribution in [0.1, 0.15) is 234 Å². The number of rotatable bonds is 38. The molecule has 0 aromatic rings. The topological polar surface area (TPSA) is 66.8 Å². The van der Waals surface area contributed by atoms with Gasteiger partial charge in [0.05, 0.1) is 0 Å². The van der Waals surface area contributed by atoms with Crippen LogP contribution in [0.25, 0.3) is 0 Å². The van der Waals surface area contributed by atoms with Gasteiger partial charge in [-0.25, -0.2) is 0 Å². The lowest BCUT2D eigenvalue weighted by Gasteiger charge is -2.22. The Kier molecular flexibility index (Phi) is 35.2. The monoisotopic (exact) mass is 680 g/mol. The number of esters is 1. The van der Waals surface area contributed by atoms with E-state index in [2.05, 4.69) is 34.6 Å². The Morgan fingerprint density at radius 3 is 1.31 bits per heavy atom. The maximum Gasteiger partial charge on any atom is 0.306 e. The molecule has 5 heteroatoms. The number of ketones is 1. The van der Waals surface area contributed by atoms with Crippen molar-refractivity contribution in [1.82, 2.24) is 5.06 Å². The molecule has 0 rings (SSSR count). The highest BCUT2D eigenvalue weighted by atomic mass is 16.5. The predicted molar refractivity (Wildman–Crippen MR) is 207 cm³/mol. The molecule has 0 aliphatic heterocycles. The van der Waals surface area contributed by atoms with Crippen LogP contribution >= 0.6 is 0 Å². The molecule has 0 aromatic carbocycles. The van der Waals surface area contributed by atoms with Crippen molar-refractivity contribution in [3.63, 3.8) is 0 Å². The van der Waals surface area contributed by atoms with Gasteiger partial charge in [0.2, 0.25) is 0 Å². The molecule has 0 aliphatic rings. The van der Waals surface area contributed by atoms with Gasteiger partial charge in [-0.1, -0.05) is 157 Å². The van der Waals surface area contributed by atoms with Crippen LogP contribution in [-0.4, -0.2) is 41.2 Å². The first kappa shape index (κ1) is 47.1. The molecule has 0 radical (unpaired) electrons. The van der Waals surface area contributed by atoms with Crippen molar-refractivity contribution in [1.29, 1.82) is 0 Å². The number of hydrogen-bond acceptors (Lipinski definition) is 5. The minimum Gasteiger partial charge on any atom is -0.462 e. The zero-order valence-corrected chi connectivity index (χ0v) is 33.2. The summed E-state index contributed by atoms with van der Waals surface area (Å²) in [5.41, 5.74) is 0. The third kappa shape index (κ3) is 33.6. The summed E-state index contributed by atoms with van der Waals surface area (Å²) < 4.78 is 6.04. The number of hydrogen-bond donors (Lipinski definition) is 1. The Bertz CT molecular complexity index is 680. The van der Waals surface area contributed by atoms with Gasteiger partial charge in [0.1, 0.15) is 11.9 Å². The van der Waals surface area contributed by atoms with Crippen LogP contribution in [0.15, 0.2) is 0 Å². The van der Waals surface area contributed by atoms with Crippen LogP contribution in [0.4, 0.5) is 0 Å². The third-order valence-corrected chi connectivity index (χ3v) is 10.3. The van der Waals surface area contributed by atoms with Crippen LogP contribution in [0.5, 0.6) is 0 Å². The Morgan fingerprint density at radius 1 is 0.479 bits per heavy atom. The fourth-order valence-electron chi connectivity index (χ4n) is 6.78. The normalized spacial score (nSPS) is 13.6. The molecular weight excluding hydrogens is 594 g/mol. The van der Waals surface area contributed by atoms with Crippen LogP contribution in [0.3, 0.4) is 0 Å². The number of hydroxylamine groups is 2. The van der Waals surface area contributed by atoms with Crippen molar-refractivity contribution < 1.29 is 19.5 Å². The zero-order valence-electron chi connectivity index (χ0n) is 33.2. The number of ether oxygens (including phenoxy) is 1. The Hall–Kier alpha value is -0.940. The molecule has 0 aliphatic carbocycles. The van der Waals surface area contributed by atoms with Gasteiger partial charge in [-0.2, -0.15) is 5.06 Å². The molecule has 2 unspecified atom stereocenters. The van der Waals surface area contributed by atoms with Gasteiger partial charge in [-0.05, 0) is 69.6 Å². The maximum absolute atomic E-state index is 12.7. The molecule has 286 valence electrons. The molecule has 1 N–H and O–H groups in total. The van der Waals surface area contributed by atoms with E-state index in [1.807, 2.05) is 0 Å². The number of carbonyl (C=O) groups is 2. The fourth-order valence-corrected chi connectivity index (χ4v) is 6.78. The van der Waals surface area contributed by atoms with Crippen molar-refractivity contribution in [3.05, 3.63) is 0 Å². The predicted octanol–water partition coefficient (Wildman–Crippen LogP) is 13.6. The molecule has 0 bridgehead atoms. The minimum atomic E-state index is -0.00976. The van der Waals surface area contributed by atoms with E-state index in [1.165, 1.54) is 101 Å². The van der Waals surface area contributed by atoms with Gasteiger partial charge < -0.3 is 9.94 Å². The summed E-state index contributed by atoms with van der Waals surface area (Å²) in [5, 5.41) is 11.7. The van der Waals surface area contributed by atoms with Gasteiger partial charge in [0.15, 0.2) is 0 Å². The van der Waals surface area contributed by atoms with Crippen molar-refractivity contribution in [3.8, 4) is 0 Å². The Morgan fingerprint density at radius 2 is 0.854 bits per heavy atom. The molecule has 0 fully saturated rings. The first-order valence-electron chi connectivity index (χ1n) is 21.5. The summed E-state index contributed by atoms with van der Waals surface area (Å²) in [4.78, 5) is 24.9. The lowest BCUT2D eigenvalue weighted by Crippen LogP contribution is -2.21. The molecule has 2 atom stereocenters. The van der Waals surface area contributed by atoms with E-state index in [1.54, 1.807) is 0 Å². The lowest BCUT2D eigenvalue weighted by atomic mass is 9.93. The standard InChI is InChI=1S/C43H85NO4/c1-6-9-12-13-14-15-16-17-19-23-30-41(45)31-24-22-27-38-44(47)37-26-21-18-20-25-32-43(46)48-42(35-33-39(4)28-10-7-2)36-34-40(5)29-11-8-3/h39-40,42,47H,6-38H2,1-5H3. The van der Waals surface area contributed by atoms with Gasteiger partial charge in [-0.3, -0.25) is 9.59 Å². The van der Waals surface area contributed by atoms with Crippen molar-refractivity contribution >= 4 is 11.8 Å². The smallest absolute Gasteiger partial charge is 0.306 e. The van der Waals surface area contributed by atoms with E-state index in [4.69, 9.17) is 4.74 Å². The van der Waals surface area contributed by atoms with Crippen molar-refractivity contribution in [2.75, 3.05) is 13.1 Å². The first-order chi connectivity index (χ1) is 23.3. The summed E-state index contributed by atoms with van der Waals surface area (Å²) in [7, 11) is 0. The molecular formula is C43H85NO4. The minimum absolute atomic E-state index is 0.00976. The third-order valence-electron chi connectivity index (χ3n) is 10.3. The molecule has 48 heavy (non-hydrogen) atoms. The van der Waals surface area contributed by atoms with E-state index in [0.29, 0.717) is 43.6 Å². The average molecular weight is 680 g/mol. The van der Waals surface area contributed by atoms with E-state index < -0.39 is 0 Å². The second-order valence-corrected chi connectivity index (χ2v) is 15.5. The average Bonchev–Trinajstić information content (AvgIpc) is 3.07. The highest BCUT2D eigenvalue weighted by Gasteiger charge is 2.17. The molecule has 0 saturated carbocycles. The first-order valence-corrected chi connectivity index (χ1v) is 21.5. The number of unbranched alkanes of at least 4 members (excludes halogenated alkanes) is 17. The number of nitrogens with zero attached hydrogens (tertiary/aromatic N) is 1. The van der Waals surface area contributed by atoms with Crippen LogP contribution in [0.2, 0.25) is 0 Å². The molecule has 0 amide bonds. The largest absolute Gasteiger partial charge is 0.462 e. The Balaban J connectivity index is 3.84. The number of carbonyl (C=O) groups excluding carboxylic acids is 2. The van der Waals surface area contributed by atoms with Crippen molar-refractivity contribution in [2.45, 2.75) is 240 Å². The molecule has 0 saturated heterocycles. The van der Waals surface area contributed by atoms with Gasteiger partial charge in [-0.15, -0.1) is 0 Å². The van der Waals surface area contributed by atoms with E-state index in [9.17, 15) is 14.8 Å². The molecule has 0 spiro atoms. The SMILES string of the molecule is CCCCCCCCCCCCC(=O)CCCCCN(O)CCCCCCCC(=O)OC(CCC(C)CCCC)CCC(C)CCCC. The number of Topliss-reactive ketones (excluding diaryl/α,β-unsaturated/α-hetero) is 1. The van der Waals surface area contributed by atoms with Gasteiger partial charge in [0.25, 0.3) is 0 Å². The molecule has 0 heterocycles. The maximum atomic E-state index is 12.7. The summed E-state index contributed by atoms with van der Waals surface area (Å²) in [5.74, 6) is 1.82. The summed E-state index contributed by atoms with van der Waals surface area (Å²) in [6.07, 6.45) is 35.1. The van der Waals surface area contributed by atoms with E-state index in [0.717, 1.165) is 89.9 Å². The van der Waals surface area contributed by atoms with Crippen LogP contribution in [0, 0.1) is 11.8 Å².